The number of carboxylic acids is 1. The third kappa shape index (κ3) is 7.93. The monoisotopic (exact) mass is 434 g/mol. The summed E-state index contributed by atoms with van der Waals surface area (Å²) >= 11 is 0. The molecule has 1 heterocycles. The average Bonchev–Trinajstić information content (AvgIpc) is 2.60. The summed E-state index contributed by atoms with van der Waals surface area (Å²) in [7, 11) is 0. The highest BCUT2D eigenvalue weighted by molar-refractivity contribution is 5.74. The number of rotatable bonds is 9. The second-order valence-electron chi connectivity index (χ2n) is 6.50. The lowest BCUT2D eigenvalue weighted by atomic mass is 9.96. The second-order valence-corrected chi connectivity index (χ2v) is 6.50. The van der Waals surface area contributed by atoms with Crippen molar-refractivity contribution in [2.24, 2.45) is 5.73 Å². The SMILES string of the molecule is CC(=O)N[C@H]1C(OC(C)=O)[C@H](OC(C)=O)C(COC(C)=O)O[C@H]1OC[C@H](N)C(=O)O. The number of carbonyl (C=O) groups excluding carboxylic acids is 4. The zero-order valence-corrected chi connectivity index (χ0v) is 17.0. The van der Waals surface area contributed by atoms with E-state index < -0.39 is 79.7 Å². The van der Waals surface area contributed by atoms with Crippen LogP contribution < -0.4 is 11.1 Å². The van der Waals surface area contributed by atoms with Crippen LogP contribution in [0.15, 0.2) is 0 Å². The molecule has 13 nitrogen and oxygen atoms in total. The van der Waals surface area contributed by atoms with Crippen molar-refractivity contribution in [1.29, 1.82) is 0 Å². The van der Waals surface area contributed by atoms with Gasteiger partial charge < -0.3 is 39.8 Å². The predicted octanol–water partition coefficient (Wildman–Crippen LogP) is -1.93. The highest BCUT2D eigenvalue weighted by Gasteiger charge is 2.51. The summed E-state index contributed by atoms with van der Waals surface area (Å²) in [6.07, 6.45) is -5.08. The van der Waals surface area contributed by atoms with Crippen molar-refractivity contribution in [3.63, 3.8) is 0 Å². The Balaban J connectivity index is 3.27. The summed E-state index contributed by atoms with van der Waals surface area (Å²) in [6.45, 7) is 3.62. The van der Waals surface area contributed by atoms with Gasteiger partial charge in [-0.15, -0.1) is 0 Å². The number of aliphatic carboxylic acids is 1. The molecule has 2 unspecified atom stereocenters. The molecule has 1 fully saturated rings. The van der Waals surface area contributed by atoms with Crippen LogP contribution in [-0.4, -0.2) is 84.8 Å². The molecule has 1 saturated heterocycles. The van der Waals surface area contributed by atoms with Crippen LogP contribution in [0.3, 0.4) is 0 Å². The van der Waals surface area contributed by atoms with Gasteiger partial charge in [0, 0.05) is 27.7 Å². The van der Waals surface area contributed by atoms with Gasteiger partial charge in [0.05, 0.1) is 6.61 Å². The quantitative estimate of drug-likeness (QED) is 0.269. The second kappa shape index (κ2) is 11.4. The van der Waals surface area contributed by atoms with Crippen molar-refractivity contribution >= 4 is 29.8 Å². The molecule has 1 amide bonds. The molecule has 0 radical (unpaired) electrons. The number of esters is 3. The maximum absolute atomic E-state index is 11.7. The molecule has 13 heteroatoms. The normalized spacial score (nSPS) is 26.8. The number of nitrogens with two attached hydrogens (primary N) is 1. The summed E-state index contributed by atoms with van der Waals surface area (Å²) in [5.41, 5.74) is 5.43. The molecular weight excluding hydrogens is 408 g/mol. The standard InChI is InChI=1S/C17H26N2O11/c1-7(20)19-13-15(29-10(4)23)14(28-9(3)22)12(6-26-8(2)21)30-17(13)27-5-11(18)16(24)25/h11-15,17H,5-6,18H2,1-4H3,(H,19,20)(H,24,25)/t11-,12?,13-,14+,15?,17+/m0/s1. The molecule has 0 saturated carbocycles. The molecule has 1 aliphatic heterocycles. The summed E-state index contributed by atoms with van der Waals surface area (Å²) < 4.78 is 26.5. The molecule has 170 valence electrons. The molecule has 0 aromatic carbocycles. The predicted molar refractivity (Wildman–Crippen MR) is 95.6 cm³/mol. The Morgan fingerprint density at radius 3 is 2.03 bits per heavy atom. The zero-order valence-electron chi connectivity index (χ0n) is 17.0. The first-order valence-electron chi connectivity index (χ1n) is 8.92. The van der Waals surface area contributed by atoms with Gasteiger partial charge in [0.15, 0.2) is 18.5 Å². The third-order valence-electron chi connectivity index (χ3n) is 3.83. The largest absolute Gasteiger partial charge is 0.480 e. The van der Waals surface area contributed by atoms with Crippen LogP contribution >= 0.6 is 0 Å². The first-order valence-corrected chi connectivity index (χ1v) is 8.92. The van der Waals surface area contributed by atoms with Crippen LogP contribution in [0.25, 0.3) is 0 Å². The van der Waals surface area contributed by atoms with E-state index in [4.69, 9.17) is 34.5 Å². The molecule has 0 spiro atoms. The van der Waals surface area contributed by atoms with Crippen LogP contribution in [0, 0.1) is 0 Å². The van der Waals surface area contributed by atoms with Gasteiger partial charge in [-0.2, -0.15) is 0 Å². The molecule has 0 bridgehead atoms. The number of nitrogens with one attached hydrogen (secondary N) is 1. The molecule has 1 aliphatic rings. The Bertz CT molecular complexity index is 668. The lowest BCUT2D eigenvalue weighted by molar-refractivity contribution is -0.278. The van der Waals surface area contributed by atoms with E-state index in [2.05, 4.69) is 5.32 Å². The van der Waals surface area contributed by atoms with Crippen molar-refractivity contribution in [2.45, 2.75) is 64.4 Å². The van der Waals surface area contributed by atoms with Crippen molar-refractivity contribution in [1.82, 2.24) is 5.32 Å². The molecule has 0 aromatic rings. The molecular formula is C17H26N2O11. The van der Waals surface area contributed by atoms with E-state index in [1.54, 1.807) is 0 Å². The lowest BCUT2D eigenvalue weighted by Crippen LogP contribution is -2.66. The Labute approximate surface area is 172 Å². The molecule has 0 aromatic heterocycles. The van der Waals surface area contributed by atoms with Crippen molar-refractivity contribution in [3.8, 4) is 0 Å². The number of carbonyl (C=O) groups is 5. The van der Waals surface area contributed by atoms with Crippen molar-refractivity contribution in [2.75, 3.05) is 13.2 Å². The smallest absolute Gasteiger partial charge is 0.322 e. The number of amides is 1. The van der Waals surface area contributed by atoms with Gasteiger partial charge in [-0.05, 0) is 0 Å². The van der Waals surface area contributed by atoms with Gasteiger partial charge in [0.2, 0.25) is 5.91 Å². The fourth-order valence-corrected chi connectivity index (χ4v) is 2.70. The summed E-state index contributed by atoms with van der Waals surface area (Å²) in [6, 6.07) is -2.60. The van der Waals surface area contributed by atoms with Gasteiger partial charge in [-0.1, -0.05) is 0 Å². The Morgan fingerprint density at radius 2 is 1.57 bits per heavy atom. The van der Waals surface area contributed by atoms with E-state index in [9.17, 15) is 24.0 Å². The van der Waals surface area contributed by atoms with E-state index in [0.29, 0.717) is 0 Å². The highest BCUT2D eigenvalue weighted by Crippen LogP contribution is 2.28. The molecule has 6 atom stereocenters. The van der Waals surface area contributed by atoms with E-state index in [1.807, 2.05) is 0 Å². The fourth-order valence-electron chi connectivity index (χ4n) is 2.70. The minimum absolute atomic E-state index is 0.400. The Kier molecular flexibility index (Phi) is 9.62. The highest BCUT2D eigenvalue weighted by atomic mass is 16.7. The van der Waals surface area contributed by atoms with Gasteiger partial charge in [0.25, 0.3) is 0 Å². The van der Waals surface area contributed by atoms with Gasteiger partial charge in [-0.25, -0.2) is 0 Å². The third-order valence-corrected chi connectivity index (χ3v) is 3.83. The molecule has 0 aliphatic carbocycles. The van der Waals surface area contributed by atoms with Gasteiger partial charge >= 0.3 is 23.9 Å². The number of ether oxygens (including phenoxy) is 5. The van der Waals surface area contributed by atoms with E-state index >= 15 is 0 Å². The lowest BCUT2D eigenvalue weighted by Gasteiger charge is -2.45. The average molecular weight is 434 g/mol. The van der Waals surface area contributed by atoms with Crippen LogP contribution in [0.1, 0.15) is 27.7 Å². The topological polar surface area (TPSA) is 190 Å². The van der Waals surface area contributed by atoms with Crippen molar-refractivity contribution < 1.29 is 52.8 Å². The number of hydrogen-bond donors (Lipinski definition) is 3. The van der Waals surface area contributed by atoms with Crippen LogP contribution in [0.2, 0.25) is 0 Å². The van der Waals surface area contributed by atoms with Crippen LogP contribution in [-0.2, 0) is 47.7 Å². The Morgan fingerprint density at radius 1 is 1.00 bits per heavy atom. The fraction of sp³-hybridized carbons (Fsp3) is 0.706. The van der Waals surface area contributed by atoms with Gasteiger partial charge in [-0.3, -0.25) is 24.0 Å². The van der Waals surface area contributed by atoms with Gasteiger partial charge in [0.1, 0.15) is 24.8 Å². The minimum atomic E-state index is -1.41. The van der Waals surface area contributed by atoms with Crippen LogP contribution in [0.4, 0.5) is 0 Å². The Hall–Kier alpha value is -2.77. The maximum Gasteiger partial charge on any atom is 0.322 e. The van der Waals surface area contributed by atoms with E-state index in [0.717, 1.165) is 20.8 Å². The number of hydrogen-bond acceptors (Lipinski definition) is 11. The van der Waals surface area contributed by atoms with Crippen molar-refractivity contribution in [3.05, 3.63) is 0 Å². The minimum Gasteiger partial charge on any atom is -0.480 e. The summed E-state index contributed by atoms with van der Waals surface area (Å²) in [5, 5.41) is 11.4. The summed E-state index contributed by atoms with van der Waals surface area (Å²) in [5.74, 6) is -4.06. The zero-order chi connectivity index (χ0) is 23.0. The van der Waals surface area contributed by atoms with E-state index in [1.165, 1.54) is 6.92 Å². The first kappa shape index (κ1) is 25.3. The summed E-state index contributed by atoms with van der Waals surface area (Å²) in [4.78, 5) is 57.1. The molecule has 1 rings (SSSR count). The van der Waals surface area contributed by atoms with Crippen LogP contribution in [0.5, 0.6) is 0 Å². The molecule has 30 heavy (non-hydrogen) atoms. The maximum atomic E-state index is 11.7. The first-order chi connectivity index (χ1) is 13.9. The number of carboxylic acid groups (broad SMARTS) is 1. The van der Waals surface area contributed by atoms with E-state index in [-0.39, 0.29) is 0 Å². The molecule has 4 N–H and O–H groups in total.